The Kier molecular flexibility index (Phi) is 8.44. The minimum absolute atomic E-state index is 0. The molecule has 18 heavy (non-hydrogen) atoms. The van der Waals surface area contributed by atoms with Crippen LogP contribution in [0.15, 0.2) is 18.2 Å². The molecule has 0 aliphatic carbocycles. The summed E-state index contributed by atoms with van der Waals surface area (Å²) in [7, 11) is 0. The predicted molar refractivity (Wildman–Crippen MR) is 73.6 cm³/mol. The monoisotopic (exact) mass is 298 g/mol. The summed E-state index contributed by atoms with van der Waals surface area (Å²) in [5, 5.41) is 6.56. The van der Waals surface area contributed by atoms with Crippen LogP contribution in [0.1, 0.15) is 18.4 Å². The molecule has 0 spiro atoms. The number of nitrogens with one attached hydrogen (secondary N) is 2. The Bertz CT molecular complexity index is 358. The first kappa shape index (κ1) is 17.6. The number of halogens is 4. The molecule has 104 valence electrons. The van der Waals surface area contributed by atoms with Gasteiger partial charge in [-0.15, -0.1) is 24.8 Å². The maximum atomic E-state index is 13.3. The fourth-order valence-corrected chi connectivity index (χ4v) is 1.95. The van der Waals surface area contributed by atoms with E-state index in [2.05, 4.69) is 10.6 Å². The van der Waals surface area contributed by atoms with Crippen LogP contribution >= 0.6 is 24.8 Å². The van der Waals surface area contributed by atoms with Crippen LogP contribution in [0.5, 0.6) is 0 Å². The molecule has 2 N–H and O–H groups in total. The third-order valence-electron chi connectivity index (χ3n) is 2.94. The summed E-state index contributed by atoms with van der Waals surface area (Å²) in [6.45, 7) is 2.48. The maximum absolute atomic E-state index is 13.3. The highest BCUT2D eigenvalue weighted by atomic mass is 35.5. The summed E-state index contributed by atoms with van der Waals surface area (Å²) in [5.41, 5.74) is 0.528. The zero-order valence-corrected chi connectivity index (χ0v) is 11.6. The van der Waals surface area contributed by atoms with Crippen molar-refractivity contribution in [3.8, 4) is 0 Å². The number of benzene rings is 1. The molecule has 1 aromatic carbocycles. The van der Waals surface area contributed by atoms with Gasteiger partial charge in [-0.2, -0.15) is 0 Å². The summed E-state index contributed by atoms with van der Waals surface area (Å²) in [4.78, 5) is 0. The van der Waals surface area contributed by atoms with Gasteiger partial charge in [-0.1, -0.05) is 6.07 Å². The Labute approximate surface area is 118 Å². The Morgan fingerprint density at radius 1 is 1.17 bits per heavy atom. The zero-order valence-electron chi connectivity index (χ0n) is 9.92. The van der Waals surface area contributed by atoms with Crippen molar-refractivity contribution in [2.24, 2.45) is 0 Å². The van der Waals surface area contributed by atoms with Crippen molar-refractivity contribution in [1.82, 2.24) is 10.6 Å². The van der Waals surface area contributed by atoms with E-state index in [9.17, 15) is 8.78 Å². The molecule has 6 heteroatoms. The van der Waals surface area contributed by atoms with E-state index < -0.39 is 11.6 Å². The lowest BCUT2D eigenvalue weighted by Crippen LogP contribution is -2.39. The predicted octanol–water partition coefficient (Wildman–Crippen LogP) is 2.65. The van der Waals surface area contributed by atoms with Gasteiger partial charge in [-0.25, -0.2) is 8.78 Å². The zero-order chi connectivity index (χ0) is 11.4. The van der Waals surface area contributed by atoms with Crippen LogP contribution in [0.25, 0.3) is 0 Å². The molecule has 2 nitrogen and oxygen atoms in total. The number of hydrogen-bond acceptors (Lipinski definition) is 2. The second kappa shape index (κ2) is 8.64. The van der Waals surface area contributed by atoms with Gasteiger partial charge < -0.3 is 10.6 Å². The lowest BCUT2D eigenvalue weighted by molar-refractivity contribution is 0.383. The van der Waals surface area contributed by atoms with E-state index >= 15 is 0 Å². The lowest BCUT2D eigenvalue weighted by Gasteiger charge is -2.23. The Hall–Kier alpha value is -0.420. The van der Waals surface area contributed by atoms with Crippen LogP contribution in [-0.4, -0.2) is 19.1 Å². The second-order valence-electron chi connectivity index (χ2n) is 4.14. The molecule has 0 radical (unpaired) electrons. The van der Waals surface area contributed by atoms with E-state index in [0.29, 0.717) is 18.2 Å². The van der Waals surface area contributed by atoms with Gasteiger partial charge in [0.2, 0.25) is 0 Å². The van der Waals surface area contributed by atoms with Gasteiger partial charge in [0, 0.05) is 24.2 Å². The van der Waals surface area contributed by atoms with Crippen molar-refractivity contribution in [1.29, 1.82) is 0 Å². The maximum Gasteiger partial charge on any atom is 0.130 e. The summed E-state index contributed by atoms with van der Waals surface area (Å²) in [6, 6.07) is 4.16. The fraction of sp³-hybridized carbons (Fsp3) is 0.500. The molecule has 0 atom stereocenters. The van der Waals surface area contributed by atoms with Crippen molar-refractivity contribution in [3.05, 3.63) is 35.4 Å². The molecule has 0 amide bonds. The molecular weight excluding hydrogens is 281 g/mol. The minimum atomic E-state index is -0.525. The van der Waals surface area contributed by atoms with Gasteiger partial charge in [0.05, 0.1) is 0 Å². The van der Waals surface area contributed by atoms with E-state index in [1.54, 1.807) is 0 Å². The van der Waals surface area contributed by atoms with E-state index in [1.807, 2.05) is 0 Å². The van der Waals surface area contributed by atoms with Gasteiger partial charge in [-0.05, 0) is 32.0 Å². The highest BCUT2D eigenvalue weighted by Crippen LogP contribution is 2.10. The Morgan fingerprint density at radius 3 is 2.44 bits per heavy atom. The van der Waals surface area contributed by atoms with Gasteiger partial charge in [0.1, 0.15) is 11.6 Å². The summed E-state index contributed by atoms with van der Waals surface area (Å²) in [5.74, 6) is -0.996. The molecule has 1 saturated heterocycles. The molecule has 1 aliphatic heterocycles. The average Bonchev–Trinajstić information content (AvgIpc) is 2.29. The quantitative estimate of drug-likeness (QED) is 0.896. The molecule has 1 heterocycles. The van der Waals surface area contributed by atoms with Crippen LogP contribution in [0.2, 0.25) is 0 Å². The second-order valence-corrected chi connectivity index (χ2v) is 4.14. The Balaban J connectivity index is 0.00000144. The molecule has 1 fully saturated rings. The smallest absolute Gasteiger partial charge is 0.130 e. The average molecular weight is 299 g/mol. The van der Waals surface area contributed by atoms with E-state index in [4.69, 9.17) is 0 Å². The van der Waals surface area contributed by atoms with Crippen LogP contribution < -0.4 is 10.6 Å². The standard InChI is InChI=1S/C12H16F2N2.2ClH/c13-10-2-1-9(12(14)7-10)8-16-11-3-5-15-6-4-11;;/h1-2,7,11,15-16H,3-6,8H2;2*1H. The van der Waals surface area contributed by atoms with Crippen molar-refractivity contribution in [3.63, 3.8) is 0 Å². The molecule has 0 bridgehead atoms. The molecule has 1 aliphatic rings. The number of piperidine rings is 1. The summed E-state index contributed by atoms with van der Waals surface area (Å²) < 4.78 is 26.0. The summed E-state index contributed by atoms with van der Waals surface area (Å²) >= 11 is 0. The SMILES string of the molecule is Cl.Cl.Fc1ccc(CNC2CCNCC2)c(F)c1. The Morgan fingerprint density at radius 2 is 1.83 bits per heavy atom. The van der Waals surface area contributed by atoms with Crippen LogP contribution in [0, 0.1) is 11.6 Å². The highest BCUT2D eigenvalue weighted by molar-refractivity contribution is 5.85. The van der Waals surface area contributed by atoms with E-state index in [-0.39, 0.29) is 24.8 Å². The van der Waals surface area contributed by atoms with Crippen molar-refractivity contribution in [2.45, 2.75) is 25.4 Å². The third-order valence-corrected chi connectivity index (χ3v) is 2.94. The van der Waals surface area contributed by atoms with E-state index in [0.717, 1.165) is 32.0 Å². The lowest BCUT2D eigenvalue weighted by atomic mass is 10.1. The van der Waals surface area contributed by atoms with Crippen molar-refractivity contribution in [2.75, 3.05) is 13.1 Å². The first-order valence-electron chi connectivity index (χ1n) is 5.64. The normalized spacial score (nSPS) is 15.7. The fourth-order valence-electron chi connectivity index (χ4n) is 1.95. The van der Waals surface area contributed by atoms with Gasteiger partial charge in [0.25, 0.3) is 0 Å². The molecular formula is C12H18Cl2F2N2. The molecule has 0 aromatic heterocycles. The topological polar surface area (TPSA) is 24.1 Å². The van der Waals surface area contributed by atoms with Crippen LogP contribution in [0.4, 0.5) is 8.78 Å². The molecule has 0 unspecified atom stereocenters. The van der Waals surface area contributed by atoms with Gasteiger partial charge in [-0.3, -0.25) is 0 Å². The first-order valence-corrected chi connectivity index (χ1v) is 5.64. The molecule has 1 aromatic rings. The van der Waals surface area contributed by atoms with Gasteiger partial charge >= 0.3 is 0 Å². The third kappa shape index (κ3) is 5.06. The van der Waals surface area contributed by atoms with Gasteiger partial charge in [0.15, 0.2) is 0 Å². The van der Waals surface area contributed by atoms with Crippen molar-refractivity contribution < 1.29 is 8.78 Å². The summed E-state index contributed by atoms with van der Waals surface area (Å²) in [6.07, 6.45) is 2.12. The van der Waals surface area contributed by atoms with E-state index in [1.165, 1.54) is 12.1 Å². The highest BCUT2D eigenvalue weighted by Gasteiger charge is 2.12. The first-order chi connectivity index (χ1) is 7.75. The molecule has 0 saturated carbocycles. The van der Waals surface area contributed by atoms with Crippen molar-refractivity contribution >= 4 is 24.8 Å². The van der Waals surface area contributed by atoms with Crippen LogP contribution in [0.3, 0.4) is 0 Å². The van der Waals surface area contributed by atoms with Crippen LogP contribution in [-0.2, 0) is 6.54 Å². The largest absolute Gasteiger partial charge is 0.317 e. The number of hydrogen-bond donors (Lipinski definition) is 2. The number of rotatable bonds is 3. The molecule has 2 rings (SSSR count). The minimum Gasteiger partial charge on any atom is -0.317 e.